The maximum absolute atomic E-state index is 12.7. The molecule has 0 bridgehead atoms. The van der Waals surface area contributed by atoms with Crippen molar-refractivity contribution in [2.24, 2.45) is 5.73 Å². The summed E-state index contributed by atoms with van der Waals surface area (Å²) in [5.41, 5.74) is 9.67. The lowest BCUT2D eigenvalue weighted by molar-refractivity contribution is -0.144. The number of nitrogens with zero attached hydrogens (tertiary/aromatic N) is 1. The Morgan fingerprint density at radius 2 is 1.79 bits per heavy atom. The van der Waals surface area contributed by atoms with Crippen molar-refractivity contribution in [3.8, 4) is 5.69 Å². The molecular formula is C23H30N2O3. The third kappa shape index (κ3) is 2.84. The maximum Gasteiger partial charge on any atom is 0.314 e. The fourth-order valence-electron chi connectivity index (χ4n) is 5.07. The van der Waals surface area contributed by atoms with Gasteiger partial charge in [0.05, 0.1) is 17.9 Å². The van der Waals surface area contributed by atoms with Gasteiger partial charge in [0.25, 0.3) is 0 Å². The smallest absolute Gasteiger partial charge is 0.314 e. The van der Waals surface area contributed by atoms with Gasteiger partial charge in [-0.2, -0.15) is 0 Å². The number of para-hydroxylation sites is 1. The summed E-state index contributed by atoms with van der Waals surface area (Å²) < 4.78 is 7.44. The highest BCUT2D eigenvalue weighted by Gasteiger charge is 2.53. The van der Waals surface area contributed by atoms with Crippen molar-refractivity contribution in [1.29, 1.82) is 0 Å². The number of hydrogen-bond donors (Lipinski definition) is 1. The van der Waals surface area contributed by atoms with Crippen molar-refractivity contribution in [2.45, 2.75) is 64.7 Å². The minimum Gasteiger partial charge on any atom is -0.465 e. The van der Waals surface area contributed by atoms with Crippen molar-refractivity contribution >= 4 is 11.9 Å². The first kappa shape index (κ1) is 20.2. The SMILES string of the molecule is CCOC(=O)C(C)c1c2c(c(C)n1-c1ccccc1)C(C)(C)CC2(C)C(N)=O. The molecule has 0 spiro atoms. The predicted octanol–water partition coefficient (Wildman–Crippen LogP) is 3.88. The van der Waals surface area contributed by atoms with E-state index in [-0.39, 0.29) is 17.3 Å². The number of amides is 1. The quantitative estimate of drug-likeness (QED) is 0.798. The molecule has 5 nitrogen and oxygen atoms in total. The molecule has 0 saturated heterocycles. The van der Waals surface area contributed by atoms with E-state index in [4.69, 9.17) is 10.5 Å². The van der Waals surface area contributed by atoms with Crippen LogP contribution in [-0.2, 0) is 25.2 Å². The minimum atomic E-state index is -0.834. The molecule has 1 aliphatic rings. The van der Waals surface area contributed by atoms with Crippen molar-refractivity contribution < 1.29 is 14.3 Å². The molecule has 5 heteroatoms. The van der Waals surface area contributed by atoms with Crippen molar-refractivity contribution in [3.05, 3.63) is 52.8 Å². The van der Waals surface area contributed by atoms with Crippen LogP contribution in [0.5, 0.6) is 0 Å². The third-order valence-corrected chi connectivity index (χ3v) is 6.08. The van der Waals surface area contributed by atoms with E-state index < -0.39 is 11.3 Å². The van der Waals surface area contributed by atoms with Crippen LogP contribution in [0.25, 0.3) is 5.69 Å². The van der Waals surface area contributed by atoms with Gasteiger partial charge in [0, 0.05) is 17.1 Å². The monoisotopic (exact) mass is 382 g/mol. The standard InChI is InChI=1S/C23H30N2O3/c1-7-28-20(26)14(2)19-18-17(22(4,5)13-23(18,6)21(24)27)15(3)25(19)16-11-9-8-10-12-16/h8-12,14H,7,13H2,1-6H3,(H2,24,27). The Hall–Kier alpha value is -2.56. The molecule has 2 atom stereocenters. The maximum atomic E-state index is 12.7. The highest BCUT2D eigenvalue weighted by Crippen LogP contribution is 2.55. The van der Waals surface area contributed by atoms with Gasteiger partial charge in [-0.05, 0) is 62.8 Å². The number of carbonyl (C=O) groups is 2. The Morgan fingerprint density at radius 1 is 1.18 bits per heavy atom. The van der Waals surface area contributed by atoms with E-state index in [0.29, 0.717) is 13.0 Å². The lowest BCUT2D eigenvalue weighted by atomic mass is 9.78. The van der Waals surface area contributed by atoms with Gasteiger partial charge in [-0.1, -0.05) is 32.0 Å². The predicted molar refractivity (Wildman–Crippen MR) is 110 cm³/mol. The summed E-state index contributed by atoms with van der Waals surface area (Å²) in [6.45, 7) is 12.2. The second kappa shape index (κ2) is 6.80. The van der Waals surface area contributed by atoms with E-state index in [1.807, 2.05) is 44.2 Å². The van der Waals surface area contributed by atoms with Crippen LogP contribution in [0.1, 0.15) is 69.5 Å². The van der Waals surface area contributed by atoms with Crippen LogP contribution >= 0.6 is 0 Å². The van der Waals surface area contributed by atoms with Crippen LogP contribution < -0.4 is 5.73 Å². The summed E-state index contributed by atoms with van der Waals surface area (Å²) in [7, 11) is 0. The number of esters is 1. The normalized spacial score (nSPS) is 21.2. The topological polar surface area (TPSA) is 74.3 Å². The van der Waals surface area contributed by atoms with Gasteiger partial charge >= 0.3 is 5.97 Å². The number of primary amides is 1. The molecule has 0 aliphatic heterocycles. The van der Waals surface area contributed by atoms with Crippen molar-refractivity contribution in [1.82, 2.24) is 4.57 Å². The molecule has 150 valence electrons. The number of aromatic nitrogens is 1. The molecule has 2 unspecified atom stereocenters. The van der Waals surface area contributed by atoms with E-state index in [0.717, 1.165) is 28.2 Å². The molecule has 1 aliphatic carbocycles. The zero-order valence-corrected chi connectivity index (χ0v) is 17.6. The summed E-state index contributed by atoms with van der Waals surface area (Å²) in [5.74, 6) is -1.17. The first-order chi connectivity index (χ1) is 13.1. The fraction of sp³-hybridized carbons (Fsp3) is 0.478. The summed E-state index contributed by atoms with van der Waals surface area (Å²) >= 11 is 0. The molecule has 0 saturated carbocycles. The number of nitrogens with two attached hydrogens (primary N) is 1. The van der Waals surface area contributed by atoms with Gasteiger partial charge < -0.3 is 15.0 Å². The van der Waals surface area contributed by atoms with Gasteiger partial charge in [0.15, 0.2) is 0 Å². The summed E-state index contributed by atoms with van der Waals surface area (Å²) in [5, 5.41) is 0. The molecule has 2 aromatic rings. The molecular weight excluding hydrogens is 352 g/mol. The molecule has 3 rings (SSSR count). The van der Waals surface area contributed by atoms with Crippen LogP contribution in [0.15, 0.2) is 30.3 Å². The van der Waals surface area contributed by atoms with Crippen LogP contribution in [-0.4, -0.2) is 23.1 Å². The first-order valence-corrected chi connectivity index (χ1v) is 9.84. The number of rotatable bonds is 5. The van der Waals surface area contributed by atoms with Gasteiger partial charge in [-0.25, -0.2) is 0 Å². The van der Waals surface area contributed by atoms with Gasteiger partial charge in [0.1, 0.15) is 0 Å². The number of benzene rings is 1. The van der Waals surface area contributed by atoms with Crippen LogP contribution in [0.2, 0.25) is 0 Å². The number of hydrogen-bond acceptors (Lipinski definition) is 3. The molecule has 1 aromatic heterocycles. The number of carbonyl (C=O) groups excluding carboxylic acids is 2. The summed E-state index contributed by atoms with van der Waals surface area (Å²) in [6.07, 6.45) is 0.624. The third-order valence-electron chi connectivity index (χ3n) is 6.08. The highest BCUT2D eigenvalue weighted by atomic mass is 16.5. The molecule has 1 aromatic carbocycles. The second-order valence-corrected chi connectivity index (χ2v) is 8.62. The van der Waals surface area contributed by atoms with Gasteiger partial charge in [0.2, 0.25) is 5.91 Å². The lowest BCUT2D eigenvalue weighted by Gasteiger charge is -2.28. The average Bonchev–Trinajstić information content (AvgIpc) is 3.06. The van der Waals surface area contributed by atoms with Crippen molar-refractivity contribution in [3.63, 3.8) is 0 Å². The molecule has 2 N–H and O–H groups in total. The molecule has 0 radical (unpaired) electrons. The van der Waals surface area contributed by atoms with Crippen LogP contribution in [0.4, 0.5) is 0 Å². The number of fused-ring (bicyclic) bond motifs is 1. The van der Waals surface area contributed by atoms with Crippen LogP contribution in [0, 0.1) is 6.92 Å². The Bertz CT molecular complexity index is 927. The first-order valence-electron chi connectivity index (χ1n) is 9.84. The highest BCUT2D eigenvalue weighted by molar-refractivity contribution is 5.90. The largest absolute Gasteiger partial charge is 0.465 e. The molecule has 0 fully saturated rings. The van der Waals surface area contributed by atoms with Crippen LogP contribution in [0.3, 0.4) is 0 Å². The molecule has 28 heavy (non-hydrogen) atoms. The van der Waals surface area contributed by atoms with E-state index in [9.17, 15) is 9.59 Å². The zero-order chi connectivity index (χ0) is 20.9. The Balaban J connectivity index is 2.40. The lowest BCUT2D eigenvalue weighted by Crippen LogP contribution is -2.39. The second-order valence-electron chi connectivity index (χ2n) is 8.62. The Labute approximate surface area is 166 Å². The minimum absolute atomic E-state index is 0.230. The molecule has 1 heterocycles. The number of ether oxygens (including phenoxy) is 1. The van der Waals surface area contributed by atoms with Gasteiger partial charge in [-0.3, -0.25) is 9.59 Å². The average molecular weight is 383 g/mol. The summed E-state index contributed by atoms with van der Waals surface area (Å²) in [6, 6.07) is 9.92. The molecule has 1 amide bonds. The Kier molecular flexibility index (Phi) is 4.90. The summed E-state index contributed by atoms with van der Waals surface area (Å²) in [4.78, 5) is 25.3. The van der Waals surface area contributed by atoms with Crippen molar-refractivity contribution in [2.75, 3.05) is 6.61 Å². The van der Waals surface area contributed by atoms with E-state index in [1.54, 1.807) is 6.92 Å². The van der Waals surface area contributed by atoms with E-state index >= 15 is 0 Å². The zero-order valence-electron chi connectivity index (χ0n) is 17.6. The van der Waals surface area contributed by atoms with E-state index in [1.165, 1.54) is 0 Å². The van der Waals surface area contributed by atoms with Gasteiger partial charge in [-0.15, -0.1) is 0 Å². The Morgan fingerprint density at radius 3 is 2.32 bits per heavy atom. The fourth-order valence-corrected chi connectivity index (χ4v) is 5.07. The van der Waals surface area contributed by atoms with E-state index in [2.05, 4.69) is 25.3 Å².